The minimum Gasteiger partial charge on any atom is -0.372 e. The van der Waals surface area contributed by atoms with Crippen LogP contribution < -0.4 is 5.32 Å². The molecule has 0 radical (unpaired) electrons. The van der Waals surface area contributed by atoms with Crippen molar-refractivity contribution in [3.05, 3.63) is 24.2 Å². The van der Waals surface area contributed by atoms with Crippen molar-refractivity contribution >= 4 is 19.9 Å². The Balaban J connectivity index is 2.88. The quantitative estimate of drug-likeness (QED) is 0.322. The maximum atomic E-state index is 11.2. The molecule has 9 nitrogen and oxygen atoms in total. The minimum absolute atomic E-state index is 0.130. The van der Waals surface area contributed by atoms with Crippen LogP contribution in [0.15, 0.2) is 24.2 Å². The Bertz CT molecular complexity index is 543. The van der Waals surface area contributed by atoms with Gasteiger partial charge in [-0.05, 0) is 19.9 Å². The summed E-state index contributed by atoms with van der Waals surface area (Å²) in [5, 5.41) is 2.38. The zero-order chi connectivity index (χ0) is 18.3. The van der Waals surface area contributed by atoms with Gasteiger partial charge in [0, 0.05) is 31.6 Å². The lowest BCUT2D eigenvalue weighted by molar-refractivity contribution is -0.125. The van der Waals surface area contributed by atoms with Crippen molar-refractivity contribution in [2.45, 2.75) is 44.8 Å². The number of nitrogens with one attached hydrogen (secondary N) is 1. The fraction of sp³-hybridized carbons (Fsp3) is 0.571. The Hall–Kier alpha value is -1.51. The number of rotatable bonds is 8. The molecule has 1 aliphatic rings. The van der Waals surface area contributed by atoms with Gasteiger partial charge in [0.05, 0.1) is 12.2 Å². The molecule has 1 rings (SSSR count). The molecule has 1 fully saturated rings. The van der Waals surface area contributed by atoms with Crippen molar-refractivity contribution in [1.82, 2.24) is 10.2 Å². The summed E-state index contributed by atoms with van der Waals surface area (Å²) in [5.74, 6) is 0.371. The maximum Gasteiger partial charge on any atom is 0.348 e. The smallest absolute Gasteiger partial charge is 0.348 e. The van der Waals surface area contributed by atoms with Crippen molar-refractivity contribution in [3.8, 4) is 0 Å². The van der Waals surface area contributed by atoms with Gasteiger partial charge in [0.25, 0.3) is 0 Å². The first-order valence-electron chi connectivity index (χ1n) is 7.34. The molecule has 0 spiro atoms. The van der Waals surface area contributed by atoms with Gasteiger partial charge in [-0.15, -0.1) is 0 Å². The third-order valence-electron chi connectivity index (χ3n) is 3.13. The zero-order valence-electron chi connectivity index (χ0n) is 13.7. The molecular weight excluding hydrogens is 339 g/mol. The van der Waals surface area contributed by atoms with Crippen molar-refractivity contribution in [3.63, 3.8) is 0 Å². The van der Waals surface area contributed by atoms with E-state index in [2.05, 4.69) is 5.32 Å². The van der Waals surface area contributed by atoms with Gasteiger partial charge in [0.2, 0.25) is 12.3 Å². The Kier molecular flexibility index (Phi) is 7.78. The van der Waals surface area contributed by atoms with Crippen molar-refractivity contribution in [1.29, 1.82) is 0 Å². The Morgan fingerprint density at radius 2 is 2.12 bits per heavy atom. The Morgan fingerprint density at radius 3 is 2.62 bits per heavy atom. The van der Waals surface area contributed by atoms with Gasteiger partial charge in [-0.1, -0.05) is 0 Å². The number of amides is 2. The predicted molar refractivity (Wildman–Crippen MR) is 85.6 cm³/mol. The summed E-state index contributed by atoms with van der Waals surface area (Å²) in [6, 6.07) is 0. The lowest BCUT2D eigenvalue weighted by Gasteiger charge is -2.20. The fourth-order valence-corrected chi connectivity index (χ4v) is 2.53. The lowest BCUT2D eigenvalue weighted by Crippen LogP contribution is -2.30. The standard InChI is InChI=1S/C14H23N2O7P/c1-10(2)22-12-8-14(16(9-17)6-4-13(18)15-3)23-11(12)5-7-24(19,20)21/h4-7,9-12,14H,8H2,1-3H3,(H,15,18)(H2,19,20,21)/b6-4-,7-5+. The van der Waals surface area contributed by atoms with Crippen LogP contribution in [0.5, 0.6) is 0 Å². The number of likely N-dealkylation sites (N-methyl/N-ethyl adjacent to an activating group) is 1. The van der Waals surface area contributed by atoms with Crippen molar-refractivity contribution in [2.24, 2.45) is 0 Å². The summed E-state index contributed by atoms with van der Waals surface area (Å²) >= 11 is 0. The molecule has 0 saturated carbocycles. The molecule has 0 aromatic rings. The maximum absolute atomic E-state index is 11.2. The summed E-state index contributed by atoms with van der Waals surface area (Å²) in [4.78, 5) is 41.5. The van der Waals surface area contributed by atoms with Crippen LogP contribution in [0.2, 0.25) is 0 Å². The normalized spacial score (nSPS) is 24.8. The molecule has 1 saturated heterocycles. The van der Waals surface area contributed by atoms with E-state index < -0.39 is 26.0 Å². The highest BCUT2D eigenvalue weighted by Gasteiger charge is 2.37. The minimum atomic E-state index is -4.33. The monoisotopic (exact) mass is 362 g/mol. The average Bonchev–Trinajstić information content (AvgIpc) is 2.86. The molecule has 0 aromatic carbocycles. The van der Waals surface area contributed by atoms with Gasteiger partial charge in [0.1, 0.15) is 12.3 Å². The van der Waals surface area contributed by atoms with Crippen LogP contribution in [0.3, 0.4) is 0 Å². The van der Waals surface area contributed by atoms with E-state index in [9.17, 15) is 14.2 Å². The molecule has 0 bridgehead atoms. The predicted octanol–water partition coefficient (Wildman–Crippen LogP) is 0.305. The first-order valence-corrected chi connectivity index (χ1v) is 9.02. The summed E-state index contributed by atoms with van der Waals surface area (Å²) < 4.78 is 22.3. The first-order chi connectivity index (χ1) is 11.2. The highest BCUT2D eigenvalue weighted by atomic mass is 31.2. The van der Waals surface area contributed by atoms with E-state index in [0.717, 1.165) is 10.7 Å². The molecule has 10 heteroatoms. The Morgan fingerprint density at radius 1 is 1.46 bits per heavy atom. The zero-order valence-corrected chi connectivity index (χ0v) is 14.6. The molecule has 3 unspecified atom stereocenters. The molecular formula is C14H23N2O7P. The molecule has 3 atom stereocenters. The summed E-state index contributed by atoms with van der Waals surface area (Å²) in [6.07, 6.45) is 2.45. The molecule has 0 aliphatic carbocycles. The number of hydrogen-bond donors (Lipinski definition) is 3. The van der Waals surface area contributed by atoms with E-state index in [-0.39, 0.29) is 12.0 Å². The molecule has 0 aromatic heterocycles. The van der Waals surface area contributed by atoms with Gasteiger partial charge >= 0.3 is 7.60 Å². The van der Waals surface area contributed by atoms with Crippen molar-refractivity contribution in [2.75, 3.05) is 7.05 Å². The third kappa shape index (κ3) is 6.94. The second-order valence-electron chi connectivity index (χ2n) is 5.43. The topological polar surface area (TPSA) is 125 Å². The molecule has 3 N–H and O–H groups in total. The second kappa shape index (κ2) is 9.10. The summed E-state index contributed by atoms with van der Waals surface area (Å²) in [6.45, 7) is 3.64. The van der Waals surface area contributed by atoms with E-state index in [1.165, 1.54) is 25.4 Å². The molecule has 1 heterocycles. The Labute approximate surface area is 140 Å². The second-order valence-corrected chi connectivity index (χ2v) is 6.90. The van der Waals surface area contributed by atoms with Crippen LogP contribution in [-0.4, -0.2) is 58.6 Å². The van der Waals surface area contributed by atoms with Gasteiger partial charge in [0.15, 0.2) is 0 Å². The van der Waals surface area contributed by atoms with Gasteiger partial charge in [-0.2, -0.15) is 0 Å². The highest BCUT2D eigenvalue weighted by Crippen LogP contribution is 2.37. The number of nitrogens with zero attached hydrogens (tertiary/aromatic N) is 1. The van der Waals surface area contributed by atoms with Crippen LogP contribution in [0.1, 0.15) is 20.3 Å². The van der Waals surface area contributed by atoms with Gasteiger partial charge < -0.3 is 24.6 Å². The molecule has 1 aliphatic heterocycles. The van der Waals surface area contributed by atoms with Crippen LogP contribution in [0.4, 0.5) is 0 Å². The van der Waals surface area contributed by atoms with E-state index in [4.69, 9.17) is 19.3 Å². The number of ether oxygens (including phenoxy) is 2. The van der Waals surface area contributed by atoms with Crippen LogP contribution in [0, 0.1) is 0 Å². The summed E-state index contributed by atoms with van der Waals surface area (Å²) in [7, 11) is -2.87. The van der Waals surface area contributed by atoms with E-state index in [0.29, 0.717) is 12.8 Å². The average molecular weight is 362 g/mol. The molecule has 24 heavy (non-hydrogen) atoms. The first kappa shape index (κ1) is 20.5. The van der Waals surface area contributed by atoms with E-state index in [1.807, 2.05) is 13.8 Å². The van der Waals surface area contributed by atoms with Crippen LogP contribution in [-0.2, 0) is 23.6 Å². The van der Waals surface area contributed by atoms with Gasteiger partial charge in [-0.3, -0.25) is 19.1 Å². The highest BCUT2D eigenvalue weighted by molar-refractivity contribution is 7.55. The SMILES string of the molecule is CNC(=O)/C=C\N(C=O)C1CC(OC(C)C)C(/C=C/P(=O)(O)O)O1. The third-order valence-corrected chi connectivity index (χ3v) is 3.69. The van der Waals surface area contributed by atoms with Crippen LogP contribution >= 0.6 is 7.60 Å². The molecule has 136 valence electrons. The lowest BCUT2D eigenvalue weighted by atomic mass is 10.1. The van der Waals surface area contributed by atoms with Crippen LogP contribution in [0.25, 0.3) is 0 Å². The van der Waals surface area contributed by atoms with E-state index >= 15 is 0 Å². The molecule has 2 amide bonds. The number of hydrogen-bond acceptors (Lipinski definition) is 5. The van der Waals surface area contributed by atoms with E-state index in [1.54, 1.807) is 0 Å². The van der Waals surface area contributed by atoms with Crippen molar-refractivity contribution < 1.29 is 33.4 Å². The largest absolute Gasteiger partial charge is 0.372 e. The summed E-state index contributed by atoms with van der Waals surface area (Å²) in [5.41, 5.74) is 0. The number of carbonyl (C=O) groups is 2. The number of carbonyl (C=O) groups excluding carboxylic acids is 2. The fourth-order valence-electron chi connectivity index (χ4n) is 2.13. The van der Waals surface area contributed by atoms with Gasteiger partial charge in [-0.25, -0.2) is 0 Å².